The van der Waals surface area contributed by atoms with E-state index in [1.54, 1.807) is 18.2 Å². The van der Waals surface area contributed by atoms with Crippen molar-refractivity contribution in [1.82, 2.24) is 0 Å². The molecule has 0 aliphatic heterocycles. The molecule has 7 aromatic carbocycles. The van der Waals surface area contributed by atoms with E-state index >= 15 is 0 Å². The molecule has 18 heteroatoms. The molecule has 0 aliphatic carbocycles. The summed E-state index contributed by atoms with van der Waals surface area (Å²) in [6.45, 7) is 10.3. The Hall–Kier alpha value is -10.1. The minimum Gasteiger partial charge on any atom is -0.505 e. The zero-order chi connectivity index (χ0) is 50.8. The smallest absolute Gasteiger partial charge is 0.259 e. The highest BCUT2D eigenvalue weighted by Gasteiger charge is 2.22. The number of anilines is 6. The first-order valence-electron chi connectivity index (χ1n) is 21.3. The highest BCUT2D eigenvalue weighted by Crippen LogP contribution is 2.44. The van der Waals surface area contributed by atoms with E-state index in [9.17, 15) is 33.9 Å². The lowest BCUT2D eigenvalue weighted by Gasteiger charge is -2.15. The van der Waals surface area contributed by atoms with Crippen molar-refractivity contribution in [3.63, 3.8) is 0 Å². The standard InChI is InChI=1S/C53H44N8O10/c1-7-46(62)54-36-20-33(21-37(26-36)55-47(63)8-2)52(67)59-41-27-45(71-6)42(28-44(41)70-5)60-61-49-38-22-30-14-11-10-13-29(30)19-32(38)23-39(50(49)65)53(68)57-35-16-12-15-34(25-35)56-51(66)31-17-18-43(69-4)40(24-31)58-48(64)9-3/h7-28,65H,1-3H2,4-6H3,(H,54,62)(H,55,63)(H,56,66)(H,57,68)(H,58,64)(H,59,67). The van der Waals surface area contributed by atoms with Crippen molar-refractivity contribution < 1.29 is 48.1 Å². The van der Waals surface area contributed by atoms with Gasteiger partial charge in [-0.3, -0.25) is 28.8 Å². The topological polar surface area (TPSA) is 247 Å². The molecule has 7 rings (SSSR count). The maximum atomic E-state index is 14.1. The maximum absolute atomic E-state index is 14.1. The summed E-state index contributed by atoms with van der Waals surface area (Å²) in [5, 5.41) is 39.6. The minimum absolute atomic E-state index is 0.0473. The lowest BCUT2D eigenvalue weighted by Crippen LogP contribution is -2.16. The fourth-order valence-electron chi connectivity index (χ4n) is 7.19. The zero-order valence-corrected chi connectivity index (χ0v) is 38.3. The largest absolute Gasteiger partial charge is 0.505 e. The van der Waals surface area contributed by atoms with Crippen molar-refractivity contribution in [2.24, 2.45) is 10.2 Å². The Kier molecular flexibility index (Phi) is 14.9. The van der Waals surface area contributed by atoms with Gasteiger partial charge in [0.2, 0.25) is 17.7 Å². The van der Waals surface area contributed by atoms with Gasteiger partial charge in [0, 0.05) is 51.4 Å². The van der Waals surface area contributed by atoms with Crippen LogP contribution >= 0.6 is 0 Å². The van der Waals surface area contributed by atoms with Gasteiger partial charge in [-0.05, 0) is 107 Å². The van der Waals surface area contributed by atoms with Crippen LogP contribution in [-0.2, 0) is 14.4 Å². The van der Waals surface area contributed by atoms with E-state index < -0.39 is 41.2 Å². The number of aromatic hydroxyl groups is 1. The lowest BCUT2D eigenvalue weighted by atomic mass is 9.99. The molecule has 7 aromatic rings. The van der Waals surface area contributed by atoms with Gasteiger partial charge < -0.3 is 51.2 Å². The van der Waals surface area contributed by atoms with E-state index in [2.05, 4.69) is 61.9 Å². The quantitative estimate of drug-likeness (QED) is 0.0258. The van der Waals surface area contributed by atoms with Crippen LogP contribution in [0.1, 0.15) is 31.1 Å². The van der Waals surface area contributed by atoms with Crippen molar-refractivity contribution in [3.05, 3.63) is 170 Å². The molecule has 0 aliphatic rings. The number of rotatable bonds is 17. The number of amides is 6. The van der Waals surface area contributed by atoms with Crippen LogP contribution in [0.4, 0.5) is 45.5 Å². The Morgan fingerprint density at radius 2 is 1.04 bits per heavy atom. The van der Waals surface area contributed by atoms with Crippen LogP contribution in [0.25, 0.3) is 21.5 Å². The van der Waals surface area contributed by atoms with Crippen molar-refractivity contribution in [3.8, 4) is 23.0 Å². The number of carbonyl (C=O) groups is 6. The number of benzene rings is 7. The summed E-state index contributed by atoms with van der Waals surface area (Å²) < 4.78 is 16.6. The number of phenols is 1. The molecular formula is C53H44N8O10. The lowest BCUT2D eigenvalue weighted by molar-refractivity contribution is -0.112. The average Bonchev–Trinajstić information content (AvgIpc) is 3.37. The Morgan fingerprint density at radius 1 is 0.479 bits per heavy atom. The molecule has 0 bridgehead atoms. The first-order valence-corrected chi connectivity index (χ1v) is 21.3. The average molecular weight is 953 g/mol. The van der Waals surface area contributed by atoms with Gasteiger partial charge >= 0.3 is 0 Å². The maximum Gasteiger partial charge on any atom is 0.259 e. The monoisotopic (exact) mass is 952 g/mol. The van der Waals surface area contributed by atoms with Gasteiger partial charge in [0.25, 0.3) is 17.7 Å². The number of ether oxygens (including phenoxy) is 3. The molecule has 18 nitrogen and oxygen atoms in total. The van der Waals surface area contributed by atoms with Gasteiger partial charge in [0.1, 0.15) is 28.6 Å². The zero-order valence-electron chi connectivity index (χ0n) is 38.3. The second-order valence-electron chi connectivity index (χ2n) is 15.2. The Morgan fingerprint density at radius 3 is 1.66 bits per heavy atom. The van der Waals surface area contributed by atoms with E-state index in [1.807, 2.05) is 36.4 Å². The van der Waals surface area contributed by atoms with Crippen LogP contribution in [0.3, 0.4) is 0 Å². The van der Waals surface area contributed by atoms with Crippen molar-refractivity contribution >= 4 is 102 Å². The SMILES string of the molecule is C=CC(=O)Nc1cc(NC(=O)C=C)cc(C(=O)Nc2cc(OC)c(N=Nc3c(O)c(C(=O)Nc4cccc(NC(=O)c5ccc(OC)c(NC(=O)C=C)c5)c4)cc4cc5ccccc5cc34)cc2OC)c1. The fourth-order valence-corrected chi connectivity index (χ4v) is 7.19. The number of nitrogens with one attached hydrogen (secondary N) is 6. The Balaban J connectivity index is 1.19. The number of azo groups is 1. The van der Waals surface area contributed by atoms with E-state index in [0.717, 1.165) is 29.0 Å². The summed E-state index contributed by atoms with van der Waals surface area (Å²) in [5.41, 5.74) is 1.57. The van der Waals surface area contributed by atoms with Gasteiger partial charge in [0.05, 0.1) is 38.3 Å². The highest BCUT2D eigenvalue weighted by molar-refractivity contribution is 6.14. The predicted octanol–water partition coefficient (Wildman–Crippen LogP) is 10.3. The summed E-state index contributed by atoms with van der Waals surface area (Å²) in [4.78, 5) is 77.4. The van der Waals surface area contributed by atoms with E-state index in [-0.39, 0.29) is 68.0 Å². The van der Waals surface area contributed by atoms with Crippen LogP contribution in [0, 0.1) is 0 Å². The summed E-state index contributed by atoms with van der Waals surface area (Å²) in [7, 11) is 4.17. The molecule has 0 radical (unpaired) electrons. The minimum atomic E-state index is -0.710. The van der Waals surface area contributed by atoms with Crippen LogP contribution in [0.5, 0.6) is 23.0 Å². The van der Waals surface area contributed by atoms with Crippen LogP contribution in [0.15, 0.2) is 163 Å². The Bertz CT molecular complexity index is 3350. The summed E-state index contributed by atoms with van der Waals surface area (Å²) in [6, 6.07) is 30.7. The number of fused-ring (bicyclic) bond motifs is 2. The molecule has 71 heavy (non-hydrogen) atoms. The normalized spacial score (nSPS) is 10.7. The molecule has 0 spiro atoms. The van der Waals surface area contributed by atoms with E-state index in [4.69, 9.17) is 14.2 Å². The number of carbonyl (C=O) groups excluding carboxylic acids is 6. The summed E-state index contributed by atoms with van der Waals surface area (Å²) in [5.74, 6) is -3.38. The fraction of sp³-hybridized carbons (Fsp3) is 0.0566. The molecule has 0 aromatic heterocycles. The van der Waals surface area contributed by atoms with Crippen molar-refractivity contribution in [1.29, 1.82) is 0 Å². The molecule has 0 heterocycles. The van der Waals surface area contributed by atoms with Crippen LogP contribution in [0.2, 0.25) is 0 Å². The van der Waals surface area contributed by atoms with E-state index in [1.165, 1.54) is 82.0 Å². The van der Waals surface area contributed by atoms with Crippen molar-refractivity contribution in [2.45, 2.75) is 0 Å². The molecule has 7 N–H and O–H groups in total. The Labute approximate surface area is 405 Å². The van der Waals surface area contributed by atoms with Gasteiger partial charge in [0.15, 0.2) is 5.75 Å². The van der Waals surface area contributed by atoms with Crippen LogP contribution in [-0.4, -0.2) is 61.9 Å². The van der Waals surface area contributed by atoms with Gasteiger partial charge in [-0.25, -0.2) is 0 Å². The summed E-state index contributed by atoms with van der Waals surface area (Å²) >= 11 is 0. The van der Waals surface area contributed by atoms with Crippen molar-refractivity contribution in [2.75, 3.05) is 53.2 Å². The molecule has 0 saturated carbocycles. The molecule has 0 saturated heterocycles. The van der Waals surface area contributed by atoms with E-state index in [0.29, 0.717) is 22.2 Å². The number of phenolic OH excluding ortho intramolecular Hbond substituents is 1. The molecule has 0 atom stereocenters. The number of nitrogens with zero attached hydrogens (tertiary/aromatic N) is 2. The third-order valence-corrected chi connectivity index (χ3v) is 10.6. The first-order chi connectivity index (χ1) is 34.2. The second kappa shape index (κ2) is 21.7. The highest BCUT2D eigenvalue weighted by atomic mass is 16.5. The number of hydrogen-bond donors (Lipinski definition) is 7. The third-order valence-electron chi connectivity index (χ3n) is 10.6. The van der Waals surface area contributed by atoms with Gasteiger partial charge in [-0.15, -0.1) is 10.2 Å². The molecule has 6 amide bonds. The molecular weight excluding hydrogens is 909 g/mol. The van der Waals surface area contributed by atoms with Crippen LogP contribution < -0.4 is 46.1 Å². The third kappa shape index (κ3) is 11.4. The molecule has 356 valence electrons. The predicted molar refractivity (Wildman–Crippen MR) is 273 cm³/mol. The number of methoxy groups -OCH3 is 3. The molecule has 0 unspecified atom stereocenters. The molecule has 0 fully saturated rings. The van der Waals surface area contributed by atoms with Gasteiger partial charge in [-0.2, -0.15) is 0 Å². The first kappa shape index (κ1) is 48.8. The summed E-state index contributed by atoms with van der Waals surface area (Å²) in [6.07, 6.45) is 3.19. The number of hydrogen-bond acceptors (Lipinski definition) is 12. The second-order valence-corrected chi connectivity index (χ2v) is 15.2. The van der Waals surface area contributed by atoms with Gasteiger partial charge in [-0.1, -0.05) is 50.1 Å².